The Balaban J connectivity index is 1.78. The average Bonchev–Trinajstić information content (AvgIpc) is 2.77. The molecule has 84 valence electrons. The van der Waals surface area contributed by atoms with Crippen molar-refractivity contribution in [1.82, 2.24) is 14.7 Å². The number of hydrogen-bond acceptors (Lipinski definition) is 4. The Labute approximate surface area is 89.5 Å². The van der Waals surface area contributed by atoms with Crippen molar-refractivity contribution in [3.8, 4) is 0 Å². The third kappa shape index (κ3) is 2.94. The first-order valence-electron chi connectivity index (χ1n) is 5.43. The van der Waals surface area contributed by atoms with Gasteiger partial charge in [-0.2, -0.15) is 5.10 Å². The van der Waals surface area contributed by atoms with Gasteiger partial charge in [0.2, 0.25) is 0 Å². The van der Waals surface area contributed by atoms with Crippen LogP contribution in [-0.2, 0) is 6.54 Å². The molecule has 5 heteroatoms. The molecule has 0 amide bonds. The van der Waals surface area contributed by atoms with E-state index in [0.717, 1.165) is 19.6 Å². The van der Waals surface area contributed by atoms with Gasteiger partial charge in [-0.15, -0.1) is 0 Å². The maximum atomic E-state index is 9.83. The van der Waals surface area contributed by atoms with E-state index >= 15 is 0 Å². The number of nitrogen functional groups attached to an aromatic ring is 1. The first kappa shape index (κ1) is 10.4. The van der Waals surface area contributed by atoms with Gasteiger partial charge in [0.1, 0.15) is 5.82 Å². The topological polar surface area (TPSA) is 67.3 Å². The summed E-state index contributed by atoms with van der Waals surface area (Å²) in [6.45, 7) is 3.48. The van der Waals surface area contributed by atoms with Crippen molar-refractivity contribution < 1.29 is 5.11 Å². The van der Waals surface area contributed by atoms with Crippen LogP contribution in [0.25, 0.3) is 0 Å². The van der Waals surface area contributed by atoms with E-state index in [1.54, 1.807) is 16.9 Å². The van der Waals surface area contributed by atoms with E-state index in [9.17, 15) is 5.11 Å². The van der Waals surface area contributed by atoms with Crippen LogP contribution in [0.5, 0.6) is 0 Å². The Bertz CT molecular complexity index is 306. The molecule has 2 rings (SSSR count). The second kappa shape index (κ2) is 4.63. The lowest BCUT2D eigenvalue weighted by molar-refractivity contribution is 0.106. The molecule has 1 atom stereocenters. The Morgan fingerprint density at radius 3 is 2.73 bits per heavy atom. The fourth-order valence-corrected chi connectivity index (χ4v) is 2.02. The first-order chi connectivity index (χ1) is 7.24. The van der Waals surface area contributed by atoms with Gasteiger partial charge in [0.05, 0.1) is 12.6 Å². The summed E-state index contributed by atoms with van der Waals surface area (Å²) in [5, 5.41) is 13.9. The number of nitrogens with two attached hydrogens (primary N) is 1. The second-order valence-electron chi connectivity index (χ2n) is 4.12. The van der Waals surface area contributed by atoms with Gasteiger partial charge in [0.25, 0.3) is 0 Å². The molecule has 1 aliphatic heterocycles. The van der Waals surface area contributed by atoms with Crippen molar-refractivity contribution in [3.63, 3.8) is 0 Å². The maximum Gasteiger partial charge on any atom is 0.145 e. The summed E-state index contributed by atoms with van der Waals surface area (Å²) in [5.41, 5.74) is 5.49. The molecule has 3 N–H and O–H groups in total. The number of hydrogen-bond donors (Lipinski definition) is 2. The number of β-amino-alcohol motifs (C(OH)–C–C–N with tert-alkyl or cyclic N) is 1. The van der Waals surface area contributed by atoms with Crippen LogP contribution in [0.2, 0.25) is 0 Å². The van der Waals surface area contributed by atoms with Crippen LogP contribution in [0.4, 0.5) is 5.82 Å². The molecule has 1 aliphatic rings. The summed E-state index contributed by atoms with van der Waals surface area (Å²) in [6, 6.07) is 1.74. The molecule has 0 aromatic carbocycles. The lowest BCUT2D eigenvalue weighted by Gasteiger charge is -2.19. The SMILES string of the molecule is Nc1ccn(CC(O)CN2CCCC2)n1. The third-order valence-electron chi connectivity index (χ3n) is 2.73. The van der Waals surface area contributed by atoms with Gasteiger partial charge in [0.15, 0.2) is 0 Å². The van der Waals surface area contributed by atoms with E-state index < -0.39 is 0 Å². The van der Waals surface area contributed by atoms with Crippen molar-refractivity contribution in [2.24, 2.45) is 0 Å². The van der Waals surface area contributed by atoms with Gasteiger partial charge in [-0.25, -0.2) is 0 Å². The number of aliphatic hydroxyl groups excluding tert-OH is 1. The predicted octanol–water partition coefficient (Wildman–Crippen LogP) is -0.0780. The van der Waals surface area contributed by atoms with Crippen LogP contribution in [0.15, 0.2) is 12.3 Å². The summed E-state index contributed by atoms with van der Waals surface area (Å²) in [4.78, 5) is 2.29. The molecule has 1 aromatic heterocycles. The highest BCUT2D eigenvalue weighted by Crippen LogP contribution is 2.08. The fraction of sp³-hybridized carbons (Fsp3) is 0.700. The molecule has 0 bridgehead atoms. The monoisotopic (exact) mass is 210 g/mol. The zero-order chi connectivity index (χ0) is 10.7. The molecular weight excluding hydrogens is 192 g/mol. The van der Waals surface area contributed by atoms with Crippen LogP contribution in [0.1, 0.15) is 12.8 Å². The van der Waals surface area contributed by atoms with Gasteiger partial charge < -0.3 is 15.7 Å². The number of nitrogens with zero attached hydrogens (tertiary/aromatic N) is 3. The predicted molar refractivity (Wildman–Crippen MR) is 58.3 cm³/mol. The van der Waals surface area contributed by atoms with E-state index in [1.807, 2.05) is 0 Å². The highest BCUT2D eigenvalue weighted by molar-refractivity contribution is 5.23. The number of anilines is 1. The highest BCUT2D eigenvalue weighted by atomic mass is 16.3. The quantitative estimate of drug-likeness (QED) is 0.729. The standard InChI is InChI=1S/C10H18N4O/c11-10-3-6-14(12-10)8-9(15)7-13-4-1-2-5-13/h3,6,9,15H,1-2,4-5,7-8H2,(H2,11,12). The van der Waals surface area contributed by atoms with Crippen LogP contribution in [0, 0.1) is 0 Å². The Kier molecular flexibility index (Phi) is 3.23. The van der Waals surface area contributed by atoms with Crippen molar-refractivity contribution >= 4 is 5.82 Å². The summed E-state index contributed by atoms with van der Waals surface area (Å²) in [6.07, 6.45) is 3.94. The summed E-state index contributed by atoms with van der Waals surface area (Å²) >= 11 is 0. The number of aliphatic hydroxyl groups is 1. The van der Waals surface area contributed by atoms with E-state index in [0.29, 0.717) is 12.4 Å². The van der Waals surface area contributed by atoms with Gasteiger partial charge in [-0.3, -0.25) is 4.68 Å². The largest absolute Gasteiger partial charge is 0.390 e. The van der Waals surface area contributed by atoms with E-state index in [4.69, 9.17) is 5.73 Å². The summed E-state index contributed by atoms with van der Waals surface area (Å²) in [5.74, 6) is 0.503. The fourth-order valence-electron chi connectivity index (χ4n) is 2.02. The summed E-state index contributed by atoms with van der Waals surface area (Å²) < 4.78 is 1.69. The first-order valence-corrected chi connectivity index (χ1v) is 5.43. The minimum atomic E-state index is -0.359. The molecule has 1 fully saturated rings. The van der Waals surface area contributed by atoms with Crippen molar-refractivity contribution in [2.45, 2.75) is 25.5 Å². The third-order valence-corrected chi connectivity index (χ3v) is 2.73. The minimum absolute atomic E-state index is 0.359. The van der Waals surface area contributed by atoms with E-state index in [1.165, 1.54) is 12.8 Å². The van der Waals surface area contributed by atoms with Gasteiger partial charge in [-0.05, 0) is 32.0 Å². The molecule has 0 spiro atoms. The van der Waals surface area contributed by atoms with E-state index in [2.05, 4.69) is 10.00 Å². The average molecular weight is 210 g/mol. The highest BCUT2D eigenvalue weighted by Gasteiger charge is 2.16. The normalized spacial score (nSPS) is 19.5. The van der Waals surface area contributed by atoms with Crippen molar-refractivity contribution in [1.29, 1.82) is 0 Å². The lowest BCUT2D eigenvalue weighted by Crippen LogP contribution is -2.32. The molecule has 1 saturated heterocycles. The van der Waals surface area contributed by atoms with Gasteiger partial charge in [0, 0.05) is 12.7 Å². The number of likely N-dealkylation sites (tertiary alicyclic amines) is 1. The molecule has 1 aromatic rings. The maximum absolute atomic E-state index is 9.83. The van der Waals surface area contributed by atoms with Crippen LogP contribution in [-0.4, -0.2) is 45.5 Å². The molecule has 1 unspecified atom stereocenters. The Morgan fingerprint density at radius 1 is 1.40 bits per heavy atom. The van der Waals surface area contributed by atoms with Crippen molar-refractivity contribution in [2.75, 3.05) is 25.4 Å². The zero-order valence-electron chi connectivity index (χ0n) is 8.84. The molecule has 2 heterocycles. The van der Waals surface area contributed by atoms with Crippen molar-refractivity contribution in [3.05, 3.63) is 12.3 Å². The molecule has 15 heavy (non-hydrogen) atoms. The Morgan fingerprint density at radius 2 is 2.13 bits per heavy atom. The minimum Gasteiger partial charge on any atom is -0.390 e. The molecule has 0 saturated carbocycles. The second-order valence-corrected chi connectivity index (χ2v) is 4.12. The smallest absolute Gasteiger partial charge is 0.145 e. The van der Waals surface area contributed by atoms with E-state index in [-0.39, 0.29) is 6.10 Å². The number of aromatic nitrogens is 2. The molecule has 5 nitrogen and oxygen atoms in total. The van der Waals surface area contributed by atoms with Crippen LogP contribution < -0.4 is 5.73 Å². The van der Waals surface area contributed by atoms with Crippen LogP contribution in [0.3, 0.4) is 0 Å². The lowest BCUT2D eigenvalue weighted by atomic mass is 10.3. The van der Waals surface area contributed by atoms with Crippen LogP contribution >= 0.6 is 0 Å². The molecule has 0 aliphatic carbocycles. The van der Waals surface area contributed by atoms with Gasteiger partial charge in [-0.1, -0.05) is 0 Å². The zero-order valence-corrected chi connectivity index (χ0v) is 8.84. The van der Waals surface area contributed by atoms with Gasteiger partial charge >= 0.3 is 0 Å². The summed E-state index contributed by atoms with van der Waals surface area (Å²) in [7, 11) is 0. The Hall–Kier alpha value is -1.07. The number of rotatable bonds is 4. The molecule has 0 radical (unpaired) electrons. The molecular formula is C10H18N4O.